The van der Waals surface area contributed by atoms with Crippen molar-refractivity contribution in [3.8, 4) is 0 Å². The minimum absolute atomic E-state index is 0.137. The predicted octanol–water partition coefficient (Wildman–Crippen LogP) is 2.43. The van der Waals surface area contributed by atoms with Gasteiger partial charge >= 0.3 is 5.97 Å². The average molecular weight is 333 g/mol. The van der Waals surface area contributed by atoms with E-state index in [1.165, 1.54) is 6.92 Å². The number of carbonyl (C=O) groups is 2. The molecular weight excluding hydrogens is 321 g/mol. The zero-order chi connectivity index (χ0) is 12.1. The van der Waals surface area contributed by atoms with Crippen LogP contribution in [-0.4, -0.2) is 18.5 Å². The Kier molecular flexibility index (Phi) is 4.72. The molecule has 0 heterocycles. The van der Waals surface area contributed by atoms with E-state index >= 15 is 0 Å². The molecule has 0 unspecified atom stereocenters. The number of benzene rings is 1. The van der Waals surface area contributed by atoms with E-state index in [-0.39, 0.29) is 11.9 Å². The molecule has 16 heavy (non-hydrogen) atoms. The summed E-state index contributed by atoms with van der Waals surface area (Å²) in [5, 5.41) is 2.67. The van der Waals surface area contributed by atoms with E-state index in [9.17, 15) is 9.59 Å². The first-order valence-electron chi connectivity index (χ1n) is 4.79. The predicted molar refractivity (Wildman–Crippen MR) is 69.4 cm³/mol. The topological polar surface area (TPSA) is 55.4 Å². The maximum absolute atomic E-state index is 11.4. The fourth-order valence-electron chi connectivity index (χ4n) is 1.15. The number of rotatable bonds is 3. The Bertz CT molecular complexity index is 418. The van der Waals surface area contributed by atoms with Crippen LogP contribution in [0.3, 0.4) is 0 Å². The minimum Gasteiger partial charge on any atom is -0.462 e. The number of carbonyl (C=O) groups excluding carboxylic acids is 2. The molecule has 0 saturated heterocycles. The van der Waals surface area contributed by atoms with Gasteiger partial charge in [0, 0.05) is 10.5 Å². The number of anilines is 1. The number of hydrogen-bond donors (Lipinski definition) is 1. The highest BCUT2D eigenvalue weighted by Crippen LogP contribution is 2.20. The van der Waals surface area contributed by atoms with Crippen LogP contribution in [0.5, 0.6) is 0 Å². The molecule has 0 atom stereocenters. The second-order valence-corrected chi connectivity index (χ2v) is 4.26. The summed E-state index contributed by atoms with van der Waals surface area (Å²) in [6.45, 7) is 3.55. The molecule has 0 bridgehead atoms. The number of hydrogen-bond acceptors (Lipinski definition) is 3. The van der Waals surface area contributed by atoms with Crippen LogP contribution < -0.4 is 5.32 Å². The van der Waals surface area contributed by atoms with Crippen molar-refractivity contribution < 1.29 is 14.3 Å². The number of halogens is 1. The van der Waals surface area contributed by atoms with E-state index in [0.29, 0.717) is 17.9 Å². The lowest BCUT2D eigenvalue weighted by molar-refractivity contribution is -0.114. The van der Waals surface area contributed by atoms with Gasteiger partial charge < -0.3 is 10.1 Å². The summed E-state index contributed by atoms with van der Waals surface area (Å²) in [6.07, 6.45) is 0. The first kappa shape index (κ1) is 13.0. The third-order valence-electron chi connectivity index (χ3n) is 1.79. The third kappa shape index (κ3) is 3.48. The van der Waals surface area contributed by atoms with Crippen molar-refractivity contribution in [2.24, 2.45) is 0 Å². The van der Waals surface area contributed by atoms with Crippen molar-refractivity contribution in [3.05, 3.63) is 27.3 Å². The van der Waals surface area contributed by atoms with Crippen LogP contribution in [-0.2, 0) is 9.53 Å². The summed E-state index contributed by atoms with van der Waals surface area (Å²) in [5.74, 6) is -0.489. The Morgan fingerprint density at radius 2 is 2.12 bits per heavy atom. The Labute approximate surface area is 108 Å². The Hall–Kier alpha value is -1.11. The molecule has 0 aliphatic heterocycles. The zero-order valence-electron chi connectivity index (χ0n) is 9.04. The fraction of sp³-hybridized carbons (Fsp3) is 0.273. The molecule has 0 aromatic heterocycles. The van der Waals surface area contributed by atoms with Gasteiger partial charge in [0.2, 0.25) is 5.91 Å². The first-order valence-corrected chi connectivity index (χ1v) is 5.86. The molecule has 0 aliphatic carbocycles. The second kappa shape index (κ2) is 5.83. The van der Waals surface area contributed by atoms with Crippen LogP contribution in [0.4, 0.5) is 5.69 Å². The first-order chi connectivity index (χ1) is 7.54. The molecule has 0 aliphatic rings. The maximum atomic E-state index is 11.4. The quantitative estimate of drug-likeness (QED) is 0.683. The lowest BCUT2D eigenvalue weighted by Crippen LogP contribution is -2.09. The fourth-order valence-corrected chi connectivity index (χ4v) is 1.80. The number of ether oxygens (including phenoxy) is 1. The molecule has 1 rings (SSSR count). The SMILES string of the molecule is CCOC(=O)c1ccc(NC(C)=O)c(I)c1. The van der Waals surface area contributed by atoms with Crippen LogP contribution in [0.1, 0.15) is 24.2 Å². The van der Waals surface area contributed by atoms with Crippen molar-refractivity contribution in [3.63, 3.8) is 0 Å². The van der Waals surface area contributed by atoms with Crippen molar-refractivity contribution in [1.29, 1.82) is 0 Å². The molecule has 0 radical (unpaired) electrons. The molecule has 0 spiro atoms. The van der Waals surface area contributed by atoms with Crippen molar-refractivity contribution >= 4 is 40.2 Å². The van der Waals surface area contributed by atoms with Crippen molar-refractivity contribution in [2.45, 2.75) is 13.8 Å². The van der Waals surface area contributed by atoms with E-state index in [1.54, 1.807) is 25.1 Å². The van der Waals surface area contributed by atoms with Gasteiger partial charge in [0.05, 0.1) is 17.9 Å². The Morgan fingerprint density at radius 1 is 1.44 bits per heavy atom. The smallest absolute Gasteiger partial charge is 0.338 e. The highest BCUT2D eigenvalue weighted by Gasteiger charge is 2.09. The van der Waals surface area contributed by atoms with Gasteiger partial charge in [-0.3, -0.25) is 4.79 Å². The largest absolute Gasteiger partial charge is 0.462 e. The normalized spacial score (nSPS) is 9.69. The third-order valence-corrected chi connectivity index (χ3v) is 2.68. The molecule has 1 amide bonds. The summed E-state index contributed by atoms with van der Waals surface area (Å²) in [5.41, 5.74) is 1.18. The standard InChI is InChI=1S/C11H12INO3/c1-3-16-11(15)8-4-5-10(9(12)6-8)13-7(2)14/h4-6H,3H2,1-2H3,(H,13,14). The van der Waals surface area contributed by atoms with Crippen molar-refractivity contribution in [1.82, 2.24) is 0 Å². The molecule has 4 nitrogen and oxygen atoms in total. The molecule has 1 aromatic carbocycles. The molecule has 0 fully saturated rings. The summed E-state index contributed by atoms with van der Waals surface area (Å²) >= 11 is 2.06. The van der Waals surface area contributed by atoms with Gasteiger partial charge in [0.1, 0.15) is 0 Å². The zero-order valence-corrected chi connectivity index (χ0v) is 11.2. The highest BCUT2D eigenvalue weighted by atomic mass is 127. The Balaban J connectivity index is 2.90. The Morgan fingerprint density at radius 3 is 2.62 bits per heavy atom. The lowest BCUT2D eigenvalue weighted by atomic mass is 10.2. The van der Waals surface area contributed by atoms with Gasteiger partial charge in [-0.2, -0.15) is 0 Å². The van der Waals surface area contributed by atoms with E-state index in [2.05, 4.69) is 27.9 Å². The van der Waals surface area contributed by atoms with Gasteiger partial charge in [0.15, 0.2) is 0 Å². The van der Waals surface area contributed by atoms with Crippen molar-refractivity contribution in [2.75, 3.05) is 11.9 Å². The van der Waals surface area contributed by atoms with Gasteiger partial charge in [-0.15, -0.1) is 0 Å². The van der Waals surface area contributed by atoms with E-state index in [1.807, 2.05) is 0 Å². The van der Waals surface area contributed by atoms with E-state index in [4.69, 9.17) is 4.74 Å². The van der Waals surface area contributed by atoms with E-state index in [0.717, 1.165) is 3.57 Å². The molecule has 1 N–H and O–H groups in total. The van der Waals surface area contributed by atoms with Crippen LogP contribution in [0.15, 0.2) is 18.2 Å². The molecule has 1 aromatic rings. The molecule has 0 saturated carbocycles. The van der Waals surface area contributed by atoms with Gasteiger partial charge in [-0.25, -0.2) is 4.79 Å². The summed E-state index contributed by atoms with van der Waals surface area (Å²) in [4.78, 5) is 22.3. The monoisotopic (exact) mass is 333 g/mol. The van der Waals surface area contributed by atoms with Crippen LogP contribution in [0.2, 0.25) is 0 Å². The van der Waals surface area contributed by atoms with Crippen LogP contribution in [0, 0.1) is 3.57 Å². The second-order valence-electron chi connectivity index (χ2n) is 3.10. The van der Waals surface area contributed by atoms with Gasteiger partial charge in [-0.05, 0) is 47.7 Å². The molecule has 86 valence electrons. The highest BCUT2D eigenvalue weighted by molar-refractivity contribution is 14.1. The molecule has 5 heteroatoms. The lowest BCUT2D eigenvalue weighted by Gasteiger charge is -2.07. The molecular formula is C11H12INO3. The average Bonchev–Trinajstić information content (AvgIpc) is 2.20. The minimum atomic E-state index is -0.352. The number of esters is 1. The van der Waals surface area contributed by atoms with E-state index < -0.39 is 0 Å². The summed E-state index contributed by atoms with van der Waals surface area (Å²) in [6, 6.07) is 5.00. The summed E-state index contributed by atoms with van der Waals surface area (Å²) < 4.78 is 5.68. The number of nitrogens with one attached hydrogen (secondary N) is 1. The van der Waals surface area contributed by atoms with Gasteiger partial charge in [-0.1, -0.05) is 0 Å². The number of amides is 1. The van der Waals surface area contributed by atoms with Crippen LogP contribution in [0.25, 0.3) is 0 Å². The summed E-state index contributed by atoms with van der Waals surface area (Å²) in [7, 11) is 0. The maximum Gasteiger partial charge on any atom is 0.338 e. The van der Waals surface area contributed by atoms with Gasteiger partial charge in [0.25, 0.3) is 0 Å². The van der Waals surface area contributed by atoms with Crippen LogP contribution >= 0.6 is 22.6 Å².